The first-order chi connectivity index (χ1) is 8.22. The monoisotopic (exact) mass is 246 g/mol. The van der Waals surface area contributed by atoms with Gasteiger partial charge in [-0.2, -0.15) is 4.98 Å². The van der Waals surface area contributed by atoms with Gasteiger partial charge in [-0.05, 0) is 13.8 Å². The van der Waals surface area contributed by atoms with E-state index in [1.165, 1.54) is 11.3 Å². The fourth-order valence-corrected chi connectivity index (χ4v) is 2.51. The molecule has 3 aromatic rings. The third-order valence-corrected chi connectivity index (χ3v) is 3.63. The van der Waals surface area contributed by atoms with Crippen molar-refractivity contribution in [3.63, 3.8) is 0 Å². The van der Waals surface area contributed by atoms with Crippen LogP contribution in [0.3, 0.4) is 0 Å². The molecule has 3 rings (SSSR count). The van der Waals surface area contributed by atoms with E-state index < -0.39 is 0 Å². The number of hydrogen-bond acceptors (Lipinski definition) is 4. The van der Waals surface area contributed by atoms with Gasteiger partial charge in [-0.3, -0.25) is 13.8 Å². The number of rotatable bonds is 2. The summed E-state index contributed by atoms with van der Waals surface area (Å²) in [5, 5.41) is 1.91. The highest BCUT2D eigenvalue weighted by Crippen LogP contribution is 2.21. The number of carbonyl (C=O) groups excluding carboxylic acids is 1. The Morgan fingerprint density at radius 1 is 1.41 bits per heavy atom. The van der Waals surface area contributed by atoms with Crippen LogP contribution in [0.4, 0.5) is 0 Å². The molecular formula is C11H10N4OS. The molecule has 0 radical (unpaired) electrons. The van der Waals surface area contributed by atoms with Crippen LogP contribution in [0.1, 0.15) is 21.9 Å². The Balaban J connectivity index is 2.33. The van der Waals surface area contributed by atoms with E-state index in [9.17, 15) is 4.79 Å². The second kappa shape index (κ2) is 3.53. The minimum atomic E-state index is 0.557. The van der Waals surface area contributed by atoms with Gasteiger partial charge >= 0.3 is 0 Å². The molecule has 3 aromatic heterocycles. The molecule has 86 valence electrons. The predicted octanol–water partition coefficient (Wildman–Crippen LogP) is 2.01. The largest absolute Gasteiger partial charge is 0.296 e. The van der Waals surface area contributed by atoms with E-state index in [4.69, 9.17) is 0 Å². The Kier molecular flexibility index (Phi) is 2.12. The summed E-state index contributed by atoms with van der Waals surface area (Å²) in [5.41, 5.74) is 2.50. The van der Waals surface area contributed by atoms with Gasteiger partial charge in [-0.1, -0.05) is 0 Å². The number of aryl methyl sites for hydroxylation is 1. The molecule has 0 unspecified atom stereocenters. The lowest BCUT2D eigenvalue weighted by Crippen LogP contribution is -2.00. The molecule has 0 aliphatic heterocycles. The van der Waals surface area contributed by atoms with E-state index in [0.717, 1.165) is 22.6 Å². The van der Waals surface area contributed by atoms with Crippen LogP contribution in [0.15, 0.2) is 17.9 Å². The molecule has 3 heterocycles. The number of imidazole rings is 2. The average molecular weight is 246 g/mol. The minimum absolute atomic E-state index is 0.557. The van der Waals surface area contributed by atoms with E-state index in [1.807, 2.05) is 30.0 Å². The first-order valence-electron chi connectivity index (χ1n) is 5.14. The molecule has 0 amide bonds. The van der Waals surface area contributed by atoms with Crippen LogP contribution >= 0.6 is 11.3 Å². The van der Waals surface area contributed by atoms with E-state index in [2.05, 4.69) is 9.97 Å². The zero-order valence-electron chi connectivity index (χ0n) is 9.41. The van der Waals surface area contributed by atoms with E-state index in [0.29, 0.717) is 11.5 Å². The third kappa shape index (κ3) is 1.34. The van der Waals surface area contributed by atoms with Crippen LogP contribution in [0.5, 0.6) is 0 Å². The lowest BCUT2D eigenvalue weighted by molar-refractivity contribution is 0.111. The van der Waals surface area contributed by atoms with Crippen molar-refractivity contribution in [1.29, 1.82) is 0 Å². The lowest BCUT2D eigenvalue weighted by Gasteiger charge is -2.01. The topological polar surface area (TPSA) is 52.2 Å². The molecule has 0 aliphatic rings. The van der Waals surface area contributed by atoms with Gasteiger partial charge in [0.1, 0.15) is 12.0 Å². The molecule has 0 N–H and O–H groups in total. The minimum Gasteiger partial charge on any atom is -0.296 e. The Morgan fingerprint density at radius 2 is 2.24 bits per heavy atom. The summed E-state index contributed by atoms with van der Waals surface area (Å²) >= 11 is 1.50. The maximum Gasteiger partial charge on any atom is 0.196 e. The number of carbonyl (C=O) groups is 1. The summed E-state index contributed by atoms with van der Waals surface area (Å²) in [5.74, 6) is 0.643. The van der Waals surface area contributed by atoms with Crippen molar-refractivity contribution < 1.29 is 4.79 Å². The fourth-order valence-electron chi connectivity index (χ4n) is 1.79. The van der Waals surface area contributed by atoms with Crippen molar-refractivity contribution in [3.05, 3.63) is 35.0 Å². The van der Waals surface area contributed by atoms with Crippen molar-refractivity contribution in [1.82, 2.24) is 18.9 Å². The molecule has 5 nitrogen and oxygen atoms in total. The maximum atomic E-state index is 11.2. The molecule has 0 aromatic carbocycles. The van der Waals surface area contributed by atoms with Crippen molar-refractivity contribution in [2.75, 3.05) is 0 Å². The SMILES string of the molecule is Cc1ncn(-c2nc3sccn3c2C=O)c1C. The molecule has 0 atom stereocenters. The van der Waals surface area contributed by atoms with Gasteiger partial charge < -0.3 is 0 Å². The van der Waals surface area contributed by atoms with Gasteiger partial charge in [0, 0.05) is 17.3 Å². The van der Waals surface area contributed by atoms with E-state index in [-0.39, 0.29) is 0 Å². The van der Waals surface area contributed by atoms with Crippen molar-refractivity contribution >= 4 is 22.6 Å². The molecule has 0 aliphatic carbocycles. The van der Waals surface area contributed by atoms with Crippen LogP contribution < -0.4 is 0 Å². The number of nitrogens with zero attached hydrogens (tertiary/aromatic N) is 4. The standard InChI is InChI=1S/C11H10N4OS/c1-7-8(2)15(6-12-7)10-9(5-16)14-3-4-17-11(14)13-10/h3-6H,1-2H3. The Bertz CT molecular complexity index is 706. The average Bonchev–Trinajstić information content (AvgIpc) is 2.95. The molecule has 0 fully saturated rings. The molecule has 0 saturated heterocycles. The highest BCUT2D eigenvalue weighted by Gasteiger charge is 2.16. The summed E-state index contributed by atoms with van der Waals surface area (Å²) in [7, 11) is 0. The number of thiazole rings is 1. The first kappa shape index (κ1) is 10.2. The molecule has 6 heteroatoms. The zero-order valence-corrected chi connectivity index (χ0v) is 10.2. The van der Waals surface area contributed by atoms with Gasteiger partial charge in [-0.25, -0.2) is 4.98 Å². The lowest BCUT2D eigenvalue weighted by atomic mass is 10.3. The first-order valence-corrected chi connectivity index (χ1v) is 6.02. The van der Waals surface area contributed by atoms with Crippen LogP contribution in [0.2, 0.25) is 0 Å². The third-order valence-electron chi connectivity index (χ3n) is 2.87. The number of hydrogen-bond donors (Lipinski definition) is 0. The second-order valence-electron chi connectivity index (χ2n) is 3.78. The van der Waals surface area contributed by atoms with E-state index >= 15 is 0 Å². The normalized spacial score (nSPS) is 11.2. The van der Waals surface area contributed by atoms with Gasteiger partial charge in [0.25, 0.3) is 0 Å². The van der Waals surface area contributed by atoms with Crippen LogP contribution in [-0.2, 0) is 0 Å². The molecule has 0 saturated carbocycles. The predicted molar refractivity (Wildman–Crippen MR) is 65.1 cm³/mol. The highest BCUT2D eigenvalue weighted by molar-refractivity contribution is 7.15. The van der Waals surface area contributed by atoms with Crippen molar-refractivity contribution in [3.8, 4) is 5.82 Å². The Morgan fingerprint density at radius 3 is 2.88 bits per heavy atom. The smallest absolute Gasteiger partial charge is 0.196 e. The molecule has 0 bridgehead atoms. The summed E-state index contributed by atoms with van der Waals surface area (Å²) < 4.78 is 3.64. The number of aldehydes is 1. The summed E-state index contributed by atoms with van der Waals surface area (Å²) in [4.78, 5) is 20.7. The highest BCUT2D eigenvalue weighted by atomic mass is 32.1. The second-order valence-corrected chi connectivity index (χ2v) is 4.65. The summed E-state index contributed by atoms with van der Waals surface area (Å²) in [6.45, 7) is 3.90. The zero-order chi connectivity index (χ0) is 12.0. The van der Waals surface area contributed by atoms with E-state index in [1.54, 1.807) is 10.7 Å². The van der Waals surface area contributed by atoms with Crippen molar-refractivity contribution in [2.45, 2.75) is 13.8 Å². The Labute approximate surface area is 101 Å². The van der Waals surface area contributed by atoms with Crippen LogP contribution in [0.25, 0.3) is 10.8 Å². The quantitative estimate of drug-likeness (QED) is 0.650. The Hall–Kier alpha value is -1.95. The number of aromatic nitrogens is 4. The molecule has 17 heavy (non-hydrogen) atoms. The molecular weight excluding hydrogens is 236 g/mol. The van der Waals surface area contributed by atoms with Gasteiger partial charge in [0.15, 0.2) is 17.1 Å². The van der Waals surface area contributed by atoms with Crippen LogP contribution in [-0.4, -0.2) is 25.2 Å². The van der Waals surface area contributed by atoms with Crippen molar-refractivity contribution in [2.24, 2.45) is 0 Å². The summed E-state index contributed by atoms with van der Waals surface area (Å²) in [6.07, 6.45) is 4.38. The maximum absolute atomic E-state index is 11.2. The summed E-state index contributed by atoms with van der Waals surface area (Å²) in [6, 6.07) is 0. The van der Waals surface area contributed by atoms with Crippen LogP contribution in [0, 0.1) is 13.8 Å². The fraction of sp³-hybridized carbons (Fsp3) is 0.182. The van der Waals surface area contributed by atoms with Gasteiger partial charge in [0.2, 0.25) is 0 Å². The molecule has 0 spiro atoms. The van der Waals surface area contributed by atoms with Gasteiger partial charge in [-0.15, -0.1) is 11.3 Å². The van der Waals surface area contributed by atoms with Gasteiger partial charge in [0.05, 0.1) is 5.69 Å². The number of fused-ring (bicyclic) bond motifs is 1.